The topological polar surface area (TPSA) is 104 Å². The van der Waals surface area contributed by atoms with Crippen LogP contribution in [0.5, 0.6) is 0 Å². The summed E-state index contributed by atoms with van der Waals surface area (Å²) >= 11 is 13.4. The lowest BCUT2D eigenvalue weighted by Crippen LogP contribution is -2.47. The van der Waals surface area contributed by atoms with Gasteiger partial charge >= 0.3 is 0 Å². The van der Waals surface area contributed by atoms with Gasteiger partial charge in [0, 0.05) is 24.0 Å². The van der Waals surface area contributed by atoms with Crippen molar-refractivity contribution in [1.82, 2.24) is 15.4 Å². The summed E-state index contributed by atoms with van der Waals surface area (Å²) < 4.78 is 27.8. The Balaban J connectivity index is 2.79. The summed E-state index contributed by atoms with van der Waals surface area (Å²) in [5.74, 6) is -0.109. The van der Waals surface area contributed by atoms with Crippen molar-refractivity contribution in [1.29, 1.82) is 0 Å². The lowest BCUT2D eigenvalue weighted by Gasteiger charge is -2.19. The average Bonchev–Trinajstić information content (AvgIpc) is 2.66. The Labute approximate surface area is 186 Å². The Morgan fingerprint density at radius 2 is 1.93 bits per heavy atom. The minimum atomic E-state index is -4.06. The molecule has 0 radical (unpaired) electrons. The second kappa shape index (κ2) is 12.6. The van der Waals surface area contributed by atoms with Crippen LogP contribution in [0.25, 0.3) is 0 Å². The standard InChI is InChI=1S/C18H27Cl2N3O4S2/c1-4-12(2)22-17(24)7-9-21-18(25)15(8-10-28-3)23-29(26,27)16-11-13(19)5-6-14(16)20/h5-6,11-12,15,23H,4,7-10H2,1-3H3,(H,21,25)(H,22,24). The minimum Gasteiger partial charge on any atom is -0.354 e. The molecule has 1 aromatic carbocycles. The quantitative estimate of drug-likeness (QED) is 0.423. The predicted octanol–water partition coefficient (Wildman–Crippen LogP) is 2.81. The molecule has 2 unspecified atom stereocenters. The average molecular weight is 484 g/mol. The number of carbonyl (C=O) groups excluding carboxylic acids is 2. The lowest BCUT2D eigenvalue weighted by molar-refractivity contribution is -0.123. The van der Waals surface area contributed by atoms with Crippen LogP contribution in [-0.2, 0) is 19.6 Å². The molecule has 0 spiro atoms. The molecule has 0 aliphatic rings. The molecular weight excluding hydrogens is 457 g/mol. The van der Waals surface area contributed by atoms with Gasteiger partial charge in [0.2, 0.25) is 21.8 Å². The van der Waals surface area contributed by atoms with Crippen LogP contribution < -0.4 is 15.4 Å². The van der Waals surface area contributed by atoms with Crippen LogP contribution in [0.2, 0.25) is 10.0 Å². The summed E-state index contributed by atoms with van der Waals surface area (Å²) in [6.45, 7) is 3.96. The molecule has 2 atom stereocenters. The molecule has 0 aliphatic carbocycles. The van der Waals surface area contributed by atoms with E-state index in [1.54, 1.807) is 0 Å². The van der Waals surface area contributed by atoms with Gasteiger partial charge in [0.15, 0.2) is 0 Å². The molecule has 0 aliphatic heterocycles. The first-order chi connectivity index (χ1) is 13.6. The highest BCUT2D eigenvalue weighted by Gasteiger charge is 2.27. The van der Waals surface area contributed by atoms with Crippen molar-refractivity contribution < 1.29 is 18.0 Å². The summed E-state index contributed by atoms with van der Waals surface area (Å²) in [6, 6.07) is 3.15. The van der Waals surface area contributed by atoms with Gasteiger partial charge in [-0.25, -0.2) is 8.42 Å². The van der Waals surface area contributed by atoms with Crippen molar-refractivity contribution in [2.75, 3.05) is 18.6 Å². The van der Waals surface area contributed by atoms with Crippen LogP contribution in [0.1, 0.15) is 33.1 Å². The number of thioether (sulfide) groups is 1. The highest BCUT2D eigenvalue weighted by Crippen LogP contribution is 2.25. The zero-order valence-corrected chi connectivity index (χ0v) is 19.8. The number of amides is 2. The minimum absolute atomic E-state index is 0.00707. The van der Waals surface area contributed by atoms with E-state index < -0.39 is 22.0 Å². The molecule has 164 valence electrons. The molecule has 0 bridgehead atoms. The highest BCUT2D eigenvalue weighted by atomic mass is 35.5. The number of carbonyl (C=O) groups is 2. The molecule has 29 heavy (non-hydrogen) atoms. The Kier molecular flexibility index (Phi) is 11.3. The van der Waals surface area contributed by atoms with Crippen LogP contribution in [0.4, 0.5) is 0 Å². The molecule has 1 aromatic rings. The molecule has 0 saturated carbocycles. The molecule has 0 fully saturated rings. The first kappa shape index (κ1) is 26.0. The molecule has 7 nitrogen and oxygen atoms in total. The first-order valence-corrected chi connectivity index (χ1v) is 12.8. The molecule has 0 aromatic heterocycles. The summed E-state index contributed by atoms with van der Waals surface area (Å²) in [4.78, 5) is 24.2. The van der Waals surface area contributed by atoms with Gasteiger partial charge in [-0.2, -0.15) is 16.5 Å². The van der Waals surface area contributed by atoms with Gasteiger partial charge in [0.25, 0.3) is 0 Å². The third-order valence-corrected chi connectivity index (χ3v) is 6.91. The van der Waals surface area contributed by atoms with E-state index in [1.165, 1.54) is 30.0 Å². The number of benzene rings is 1. The van der Waals surface area contributed by atoms with Crippen LogP contribution >= 0.6 is 35.0 Å². The van der Waals surface area contributed by atoms with Gasteiger partial charge in [-0.05, 0) is 50.0 Å². The summed E-state index contributed by atoms with van der Waals surface area (Å²) in [5.41, 5.74) is 0. The largest absolute Gasteiger partial charge is 0.354 e. The van der Waals surface area contributed by atoms with E-state index >= 15 is 0 Å². The van der Waals surface area contributed by atoms with Gasteiger partial charge in [0.05, 0.1) is 5.02 Å². The monoisotopic (exact) mass is 483 g/mol. The van der Waals surface area contributed by atoms with Gasteiger partial charge in [-0.15, -0.1) is 0 Å². The first-order valence-electron chi connectivity index (χ1n) is 9.14. The smallest absolute Gasteiger partial charge is 0.242 e. The van der Waals surface area contributed by atoms with Crippen molar-refractivity contribution in [3.05, 3.63) is 28.2 Å². The number of hydrogen-bond donors (Lipinski definition) is 3. The fraction of sp³-hybridized carbons (Fsp3) is 0.556. The van der Waals surface area contributed by atoms with E-state index in [9.17, 15) is 18.0 Å². The van der Waals surface area contributed by atoms with E-state index in [1.807, 2.05) is 20.1 Å². The maximum absolute atomic E-state index is 12.7. The Morgan fingerprint density at radius 1 is 1.24 bits per heavy atom. The predicted molar refractivity (Wildman–Crippen MR) is 119 cm³/mol. The van der Waals surface area contributed by atoms with E-state index in [0.29, 0.717) is 5.75 Å². The highest BCUT2D eigenvalue weighted by molar-refractivity contribution is 7.98. The van der Waals surface area contributed by atoms with Gasteiger partial charge in [0.1, 0.15) is 10.9 Å². The summed E-state index contributed by atoms with van der Waals surface area (Å²) in [7, 11) is -4.06. The molecule has 0 saturated heterocycles. The summed E-state index contributed by atoms with van der Waals surface area (Å²) in [6.07, 6.45) is 3.06. The third kappa shape index (κ3) is 9.13. The van der Waals surface area contributed by atoms with Crippen molar-refractivity contribution in [2.24, 2.45) is 0 Å². The number of rotatable bonds is 12. The van der Waals surface area contributed by atoms with Crippen molar-refractivity contribution in [3.63, 3.8) is 0 Å². The third-order valence-electron chi connectivity index (χ3n) is 4.08. The normalized spacial score (nSPS) is 13.6. The summed E-state index contributed by atoms with van der Waals surface area (Å²) in [5, 5.41) is 5.65. The second-order valence-corrected chi connectivity index (χ2v) is 9.96. The number of hydrogen-bond acceptors (Lipinski definition) is 5. The molecule has 11 heteroatoms. The van der Waals surface area contributed by atoms with Crippen molar-refractivity contribution in [3.8, 4) is 0 Å². The van der Waals surface area contributed by atoms with Crippen molar-refractivity contribution in [2.45, 2.75) is 50.1 Å². The molecule has 0 heterocycles. The van der Waals surface area contributed by atoms with E-state index in [4.69, 9.17) is 23.2 Å². The maximum Gasteiger partial charge on any atom is 0.242 e. The number of sulfonamides is 1. The van der Waals surface area contributed by atoms with Crippen LogP contribution in [0.15, 0.2) is 23.1 Å². The molecular formula is C18H27Cl2N3O4S2. The van der Waals surface area contributed by atoms with Gasteiger partial charge < -0.3 is 10.6 Å². The lowest BCUT2D eigenvalue weighted by atomic mass is 10.2. The number of nitrogens with one attached hydrogen (secondary N) is 3. The molecule has 3 N–H and O–H groups in total. The maximum atomic E-state index is 12.7. The fourth-order valence-corrected chi connectivity index (χ4v) is 4.75. The molecule has 2 amide bonds. The number of halogens is 2. The van der Waals surface area contributed by atoms with Crippen LogP contribution in [0.3, 0.4) is 0 Å². The van der Waals surface area contributed by atoms with E-state index in [2.05, 4.69) is 15.4 Å². The van der Waals surface area contributed by atoms with Gasteiger partial charge in [-0.1, -0.05) is 30.1 Å². The van der Waals surface area contributed by atoms with E-state index in [-0.39, 0.29) is 46.3 Å². The SMILES string of the molecule is CCC(C)NC(=O)CCNC(=O)C(CCSC)NS(=O)(=O)c1cc(Cl)ccc1Cl. The van der Waals surface area contributed by atoms with Crippen LogP contribution in [-0.4, -0.2) is 50.9 Å². The van der Waals surface area contributed by atoms with E-state index in [0.717, 1.165) is 6.42 Å². The Bertz CT molecular complexity index is 806. The Hall–Kier alpha value is -1.000. The second-order valence-electron chi connectivity index (χ2n) is 6.45. The van der Waals surface area contributed by atoms with Gasteiger partial charge in [-0.3, -0.25) is 9.59 Å². The van der Waals surface area contributed by atoms with Crippen molar-refractivity contribution >= 4 is 56.8 Å². The fourth-order valence-electron chi connectivity index (χ4n) is 2.28. The molecule has 1 rings (SSSR count). The van der Waals surface area contributed by atoms with Crippen LogP contribution in [0, 0.1) is 0 Å². The zero-order chi connectivity index (χ0) is 22.0. The Morgan fingerprint density at radius 3 is 2.55 bits per heavy atom. The zero-order valence-electron chi connectivity index (χ0n) is 16.6.